The van der Waals surface area contributed by atoms with Gasteiger partial charge in [0.15, 0.2) is 0 Å². The average Bonchev–Trinajstić information content (AvgIpc) is 2.79. The molecule has 0 bridgehead atoms. The molecule has 0 saturated heterocycles. The summed E-state index contributed by atoms with van der Waals surface area (Å²) in [6.45, 7) is 2.14. The lowest BCUT2D eigenvalue weighted by Gasteiger charge is -2.04. The third kappa shape index (κ3) is 2.28. The number of aromatic nitrogens is 1. The lowest BCUT2D eigenvalue weighted by molar-refractivity contribution is 0.0952. The summed E-state index contributed by atoms with van der Waals surface area (Å²) in [6, 6.07) is 9.71. The van der Waals surface area contributed by atoms with E-state index < -0.39 is 0 Å². The number of amides is 1. The molecule has 2 N–H and O–H groups in total. The maximum Gasteiger partial charge on any atom is 0.253 e. The van der Waals surface area contributed by atoms with Crippen LogP contribution in [0.2, 0.25) is 0 Å². The average molecular weight is 227 g/mol. The van der Waals surface area contributed by atoms with Crippen molar-refractivity contribution in [3.05, 3.63) is 36.0 Å². The van der Waals surface area contributed by atoms with Gasteiger partial charge in [0, 0.05) is 23.6 Å². The van der Waals surface area contributed by atoms with Crippen molar-refractivity contribution in [1.29, 1.82) is 5.26 Å². The van der Waals surface area contributed by atoms with Crippen LogP contribution >= 0.6 is 0 Å². The predicted octanol–water partition coefficient (Wildman–Crippen LogP) is 2.06. The minimum Gasteiger partial charge on any atom is -0.360 e. The van der Waals surface area contributed by atoms with E-state index in [-0.39, 0.29) is 11.8 Å². The highest BCUT2D eigenvalue weighted by Crippen LogP contribution is 2.17. The minimum atomic E-state index is -0.177. The first-order valence-electron chi connectivity index (χ1n) is 5.46. The lowest BCUT2D eigenvalue weighted by atomic mass is 10.1. The van der Waals surface area contributed by atoms with Crippen molar-refractivity contribution in [1.82, 2.24) is 10.3 Å². The van der Waals surface area contributed by atoms with E-state index in [4.69, 9.17) is 5.26 Å². The van der Waals surface area contributed by atoms with Crippen LogP contribution in [0.1, 0.15) is 17.3 Å². The van der Waals surface area contributed by atoms with Gasteiger partial charge in [-0.05, 0) is 13.0 Å². The Bertz CT molecular complexity index is 580. The highest BCUT2D eigenvalue weighted by molar-refractivity contribution is 6.06. The number of nitrogens with one attached hydrogen (secondary N) is 2. The van der Waals surface area contributed by atoms with Crippen LogP contribution < -0.4 is 5.32 Å². The molecule has 4 nitrogen and oxygen atoms in total. The van der Waals surface area contributed by atoms with Gasteiger partial charge in [0.2, 0.25) is 0 Å². The van der Waals surface area contributed by atoms with Gasteiger partial charge in [-0.2, -0.15) is 5.26 Å². The molecule has 0 aliphatic rings. The molecule has 1 amide bonds. The van der Waals surface area contributed by atoms with Gasteiger partial charge in [0.05, 0.1) is 17.6 Å². The van der Waals surface area contributed by atoms with Crippen LogP contribution in [0.5, 0.6) is 0 Å². The van der Waals surface area contributed by atoms with Crippen molar-refractivity contribution in [2.75, 3.05) is 6.54 Å². The number of carbonyl (C=O) groups is 1. The summed E-state index contributed by atoms with van der Waals surface area (Å²) in [5.74, 6) is -0.325. The number of nitrogens with zero attached hydrogens (tertiary/aromatic N) is 1. The number of benzene rings is 1. The Labute approximate surface area is 99.3 Å². The minimum absolute atomic E-state index is 0.149. The second-order valence-corrected chi connectivity index (χ2v) is 3.99. The SMILES string of the molecule is CC(C#N)CNC(=O)c1c[nH]c2ccccc12. The maximum absolute atomic E-state index is 11.9. The number of rotatable bonds is 3. The molecule has 1 unspecified atom stereocenters. The molecule has 2 rings (SSSR count). The van der Waals surface area contributed by atoms with Crippen LogP contribution in [-0.4, -0.2) is 17.4 Å². The second kappa shape index (κ2) is 4.71. The second-order valence-electron chi connectivity index (χ2n) is 3.99. The van der Waals surface area contributed by atoms with E-state index >= 15 is 0 Å². The van der Waals surface area contributed by atoms with E-state index in [1.54, 1.807) is 13.1 Å². The third-order valence-corrected chi connectivity index (χ3v) is 2.62. The van der Waals surface area contributed by atoms with Crippen LogP contribution in [0.3, 0.4) is 0 Å². The molecule has 1 aromatic heterocycles. The molecule has 1 aromatic carbocycles. The van der Waals surface area contributed by atoms with E-state index in [9.17, 15) is 4.79 Å². The van der Waals surface area contributed by atoms with Crippen molar-refractivity contribution in [2.24, 2.45) is 5.92 Å². The van der Waals surface area contributed by atoms with E-state index in [0.29, 0.717) is 12.1 Å². The zero-order chi connectivity index (χ0) is 12.3. The molecule has 0 fully saturated rings. The topological polar surface area (TPSA) is 68.7 Å². The Morgan fingerprint density at radius 1 is 1.53 bits per heavy atom. The highest BCUT2D eigenvalue weighted by Gasteiger charge is 2.11. The van der Waals surface area contributed by atoms with E-state index in [1.165, 1.54) is 0 Å². The Morgan fingerprint density at radius 3 is 3.06 bits per heavy atom. The molecule has 1 atom stereocenters. The van der Waals surface area contributed by atoms with Gasteiger partial charge in [-0.15, -0.1) is 0 Å². The summed E-state index contributed by atoms with van der Waals surface area (Å²) < 4.78 is 0. The molecule has 17 heavy (non-hydrogen) atoms. The fourth-order valence-electron chi connectivity index (χ4n) is 1.65. The fraction of sp³-hybridized carbons (Fsp3) is 0.231. The Balaban J connectivity index is 2.17. The number of H-pyrrole nitrogens is 1. The van der Waals surface area contributed by atoms with E-state index in [1.807, 2.05) is 24.3 Å². The van der Waals surface area contributed by atoms with Crippen LogP contribution in [0.4, 0.5) is 0 Å². The molecule has 0 aliphatic heterocycles. The van der Waals surface area contributed by atoms with Gasteiger partial charge >= 0.3 is 0 Å². The number of carbonyl (C=O) groups excluding carboxylic acids is 1. The Kier molecular flexibility index (Phi) is 3.10. The molecule has 0 aliphatic carbocycles. The quantitative estimate of drug-likeness (QED) is 0.842. The Morgan fingerprint density at radius 2 is 2.29 bits per heavy atom. The predicted molar refractivity (Wildman–Crippen MR) is 65.4 cm³/mol. The fourth-order valence-corrected chi connectivity index (χ4v) is 1.65. The first-order valence-corrected chi connectivity index (χ1v) is 5.46. The van der Waals surface area contributed by atoms with E-state index in [0.717, 1.165) is 10.9 Å². The molecule has 2 aromatic rings. The van der Waals surface area contributed by atoms with Crippen molar-refractivity contribution < 1.29 is 4.79 Å². The summed E-state index contributed by atoms with van der Waals surface area (Å²) in [5, 5.41) is 12.3. The number of para-hydroxylation sites is 1. The standard InChI is InChI=1S/C13H13N3O/c1-9(6-14)7-16-13(17)11-8-15-12-5-3-2-4-10(11)12/h2-5,8-9,15H,7H2,1H3,(H,16,17). The van der Waals surface area contributed by atoms with Crippen LogP contribution in [0.15, 0.2) is 30.5 Å². The van der Waals surface area contributed by atoms with Gasteiger partial charge in [0.25, 0.3) is 5.91 Å². The van der Waals surface area contributed by atoms with Crippen molar-refractivity contribution in [3.8, 4) is 6.07 Å². The molecular formula is C13H13N3O. The van der Waals surface area contributed by atoms with Crippen molar-refractivity contribution >= 4 is 16.8 Å². The zero-order valence-electron chi connectivity index (χ0n) is 9.53. The monoisotopic (exact) mass is 227 g/mol. The van der Waals surface area contributed by atoms with Crippen LogP contribution in [0, 0.1) is 17.2 Å². The first kappa shape index (κ1) is 11.2. The number of fused-ring (bicyclic) bond motifs is 1. The molecule has 0 saturated carbocycles. The molecular weight excluding hydrogens is 214 g/mol. The summed E-state index contributed by atoms with van der Waals surface area (Å²) in [5.41, 5.74) is 1.55. The number of hydrogen-bond acceptors (Lipinski definition) is 2. The summed E-state index contributed by atoms with van der Waals surface area (Å²) in [4.78, 5) is 14.9. The van der Waals surface area contributed by atoms with Crippen LogP contribution in [0.25, 0.3) is 10.9 Å². The third-order valence-electron chi connectivity index (χ3n) is 2.62. The summed E-state index contributed by atoms with van der Waals surface area (Å²) >= 11 is 0. The normalized spacial score (nSPS) is 12.0. The van der Waals surface area contributed by atoms with Crippen LogP contribution in [-0.2, 0) is 0 Å². The van der Waals surface area contributed by atoms with Gasteiger partial charge in [-0.1, -0.05) is 18.2 Å². The number of hydrogen-bond donors (Lipinski definition) is 2. The van der Waals surface area contributed by atoms with E-state index in [2.05, 4.69) is 16.4 Å². The smallest absolute Gasteiger partial charge is 0.253 e. The molecule has 1 heterocycles. The zero-order valence-corrected chi connectivity index (χ0v) is 9.53. The van der Waals surface area contributed by atoms with Gasteiger partial charge in [-0.3, -0.25) is 4.79 Å². The molecule has 0 spiro atoms. The summed E-state index contributed by atoms with van der Waals surface area (Å²) in [6.07, 6.45) is 1.69. The molecule has 4 heteroatoms. The van der Waals surface area contributed by atoms with Crippen molar-refractivity contribution in [3.63, 3.8) is 0 Å². The highest BCUT2D eigenvalue weighted by atomic mass is 16.1. The first-order chi connectivity index (χ1) is 8.22. The maximum atomic E-state index is 11.9. The molecule has 0 radical (unpaired) electrons. The summed E-state index contributed by atoms with van der Waals surface area (Å²) in [7, 11) is 0. The Hall–Kier alpha value is -2.28. The number of aromatic amines is 1. The lowest BCUT2D eigenvalue weighted by Crippen LogP contribution is -2.27. The number of nitriles is 1. The van der Waals surface area contributed by atoms with Gasteiger partial charge in [-0.25, -0.2) is 0 Å². The molecule has 86 valence electrons. The van der Waals surface area contributed by atoms with Crippen molar-refractivity contribution in [2.45, 2.75) is 6.92 Å². The van der Waals surface area contributed by atoms with Gasteiger partial charge < -0.3 is 10.3 Å². The largest absolute Gasteiger partial charge is 0.360 e. The van der Waals surface area contributed by atoms with Gasteiger partial charge in [0.1, 0.15) is 0 Å².